The highest BCUT2D eigenvalue weighted by molar-refractivity contribution is 5.96. The fraction of sp³-hybridized carbons (Fsp3) is 0.529. The van der Waals surface area contributed by atoms with Crippen molar-refractivity contribution in [1.29, 1.82) is 0 Å². The normalized spacial score (nSPS) is 18.1. The number of hydrogen-bond donors (Lipinski definition) is 0. The van der Waals surface area contributed by atoms with Crippen molar-refractivity contribution in [2.75, 3.05) is 13.1 Å². The van der Waals surface area contributed by atoms with E-state index in [0.717, 1.165) is 36.9 Å². The number of nitrogens with zero attached hydrogens (tertiary/aromatic N) is 4. The molecule has 1 aliphatic heterocycles. The average molecular weight is 330 g/mol. The SMILES string of the molecule is CC[C@@H]1CCCN(C(=O)c2cnc3c(c2)c(=O)n(C)c(=O)n3C)C1. The van der Waals surface area contributed by atoms with Crippen LogP contribution in [0.15, 0.2) is 21.9 Å². The Morgan fingerprint density at radius 2 is 2.04 bits per heavy atom. The molecule has 3 heterocycles. The van der Waals surface area contributed by atoms with E-state index in [4.69, 9.17) is 0 Å². The van der Waals surface area contributed by atoms with E-state index < -0.39 is 11.2 Å². The molecule has 1 fully saturated rings. The molecular weight excluding hydrogens is 308 g/mol. The Hall–Kier alpha value is -2.44. The number of carbonyl (C=O) groups excluding carboxylic acids is 1. The van der Waals surface area contributed by atoms with Crippen molar-refractivity contribution >= 4 is 16.9 Å². The lowest BCUT2D eigenvalue weighted by Crippen LogP contribution is -2.40. The van der Waals surface area contributed by atoms with Crippen LogP contribution in [0.5, 0.6) is 0 Å². The Morgan fingerprint density at radius 3 is 2.75 bits per heavy atom. The first kappa shape index (κ1) is 16.4. The second-order valence-electron chi connectivity index (χ2n) is 6.47. The van der Waals surface area contributed by atoms with Gasteiger partial charge in [0.25, 0.3) is 11.5 Å². The summed E-state index contributed by atoms with van der Waals surface area (Å²) in [5.74, 6) is 0.434. The summed E-state index contributed by atoms with van der Waals surface area (Å²) >= 11 is 0. The molecule has 1 atom stereocenters. The first-order chi connectivity index (χ1) is 11.4. The van der Waals surface area contributed by atoms with Gasteiger partial charge in [-0.15, -0.1) is 0 Å². The monoisotopic (exact) mass is 330 g/mol. The quantitative estimate of drug-likeness (QED) is 0.819. The molecule has 0 N–H and O–H groups in total. The van der Waals surface area contributed by atoms with Gasteiger partial charge in [0.05, 0.1) is 10.9 Å². The summed E-state index contributed by atoms with van der Waals surface area (Å²) in [5, 5.41) is 0.287. The van der Waals surface area contributed by atoms with Gasteiger partial charge in [-0.3, -0.25) is 18.7 Å². The highest BCUT2D eigenvalue weighted by atomic mass is 16.2. The molecule has 0 unspecified atom stereocenters. The van der Waals surface area contributed by atoms with Gasteiger partial charge in [0.2, 0.25) is 0 Å². The van der Waals surface area contributed by atoms with Gasteiger partial charge >= 0.3 is 5.69 Å². The molecule has 3 rings (SSSR count). The number of aromatic nitrogens is 3. The van der Waals surface area contributed by atoms with Gasteiger partial charge in [-0.05, 0) is 24.8 Å². The van der Waals surface area contributed by atoms with Crippen LogP contribution in [0.2, 0.25) is 0 Å². The van der Waals surface area contributed by atoms with Crippen LogP contribution in [0.3, 0.4) is 0 Å². The van der Waals surface area contributed by atoms with Gasteiger partial charge in [-0.2, -0.15) is 0 Å². The minimum atomic E-state index is -0.430. The Balaban J connectivity index is 2.03. The number of piperidine rings is 1. The molecule has 0 aliphatic carbocycles. The molecule has 1 aliphatic rings. The summed E-state index contributed by atoms with van der Waals surface area (Å²) in [6.45, 7) is 3.62. The van der Waals surface area contributed by atoms with Crippen LogP contribution < -0.4 is 11.2 Å². The lowest BCUT2D eigenvalue weighted by Gasteiger charge is -2.32. The minimum Gasteiger partial charge on any atom is -0.338 e. The molecule has 7 heteroatoms. The van der Waals surface area contributed by atoms with Crippen LogP contribution in [0.1, 0.15) is 36.5 Å². The van der Waals surface area contributed by atoms with Crippen molar-refractivity contribution in [3.63, 3.8) is 0 Å². The van der Waals surface area contributed by atoms with E-state index in [-0.39, 0.29) is 11.3 Å². The molecule has 0 saturated carbocycles. The van der Waals surface area contributed by atoms with Gasteiger partial charge in [0, 0.05) is 33.4 Å². The second-order valence-corrected chi connectivity index (χ2v) is 6.47. The number of carbonyl (C=O) groups is 1. The summed E-state index contributed by atoms with van der Waals surface area (Å²) in [7, 11) is 2.99. The average Bonchev–Trinajstić information content (AvgIpc) is 2.63. The van der Waals surface area contributed by atoms with Crippen molar-refractivity contribution in [2.24, 2.45) is 20.0 Å². The summed E-state index contributed by atoms with van der Waals surface area (Å²) in [6.07, 6.45) is 4.67. The lowest BCUT2D eigenvalue weighted by molar-refractivity contribution is 0.0671. The molecule has 0 aromatic carbocycles. The molecule has 0 radical (unpaired) electrons. The molecule has 128 valence electrons. The maximum atomic E-state index is 12.8. The highest BCUT2D eigenvalue weighted by Crippen LogP contribution is 2.21. The summed E-state index contributed by atoms with van der Waals surface area (Å²) < 4.78 is 2.35. The zero-order valence-electron chi connectivity index (χ0n) is 14.3. The van der Waals surface area contributed by atoms with E-state index in [1.54, 1.807) is 13.1 Å². The fourth-order valence-electron chi connectivity index (χ4n) is 3.35. The van der Waals surface area contributed by atoms with Crippen LogP contribution in [-0.2, 0) is 14.1 Å². The summed E-state index contributed by atoms with van der Waals surface area (Å²) in [6, 6.07) is 1.56. The van der Waals surface area contributed by atoms with Crippen LogP contribution >= 0.6 is 0 Å². The van der Waals surface area contributed by atoms with Crippen LogP contribution in [0, 0.1) is 5.92 Å². The van der Waals surface area contributed by atoms with E-state index in [2.05, 4.69) is 11.9 Å². The third-order valence-corrected chi connectivity index (χ3v) is 4.92. The zero-order valence-corrected chi connectivity index (χ0v) is 14.3. The number of pyridine rings is 1. The third kappa shape index (κ3) is 2.64. The van der Waals surface area contributed by atoms with Gasteiger partial charge in [-0.25, -0.2) is 9.78 Å². The number of hydrogen-bond acceptors (Lipinski definition) is 4. The first-order valence-electron chi connectivity index (χ1n) is 8.29. The van der Waals surface area contributed by atoms with Gasteiger partial charge < -0.3 is 4.90 Å². The van der Waals surface area contributed by atoms with Crippen LogP contribution in [0.4, 0.5) is 0 Å². The summed E-state index contributed by atoms with van der Waals surface area (Å²) in [4.78, 5) is 43.1. The molecular formula is C17H22N4O3. The van der Waals surface area contributed by atoms with E-state index >= 15 is 0 Å². The lowest BCUT2D eigenvalue weighted by atomic mass is 9.95. The number of amides is 1. The molecule has 2 aromatic rings. The van der Waals surface area contributed by atoms with Crippen molar-refractivity contribution in [2.45, 2.75) is 26.2 Å². The molecule has 7 nitrogen and oxygen atoms in total. The molecule has 0 bridgehead atoms. The van der Waals surface area contributed by atoms with Crippen molar-refractivity contribution in [3.8, 4) is 0 Å². The topological polar surface area (TPSA) is 77.2 Å². The highest BCUT2D eigenvalue weighted by Gasteiger charge is 2.24. The molecule has 1 amide bonds. The number of aryl methyl sites for hydroxylation is 1. The molecule has 1 saturated heterocycles. The Labute approximate surface area is 139 Å². The van der Waals surface area contributed by atoms with Crippen molar-refractivity contribution in [3.05, 3.63) is 38.7 Å². The Morgan fingerprint density at radius 1 is 1.29 bits per heavy atom. The van der Waals surface area contributed by atoms with Gasteiger partial charge in [0.1, 0.15) is 5.65 Å². The standard InChI is InChI=1S/C17H22N4O3/c1-4-11-6-5-7-21(10-11)15(22)12-8-13-14(18-9-12)19(2)17(24)20(3)16(13)23/h8-9,11H,4-7,10H2,1-3H3/t11-/m1/s1. The largest absolute Gasteiger partial charge is 0.338 e. The van der Waals surface area contributed by atoms with E-state index in [1.807, 2.05) is 4.90 Å². The van der Waals surface area contributed by atoms with Gasteiger partial charge in [0.15, 0.2) is 0 Å². The number of likely N-dealkylation sites (tertiary alicyclic amines) is 1. The van der Waals surface area contributed by atoms with Crippen LogP contribution in [0.25, 0.3) is 11.0 Å². The number of rotatable bonds is 2. The van der Waals surface area contributed by atoms with Crippen molar-refractivity contribution in [1.82, 2.24) is 19.0 Å². The molecule has 2 aromatic heterocycles. The Bertz CT molecular complexity index is 912. The predicted octanol–water partition coefficient (Wildman–Crippen LogP) is 0.894. The molecule has 24 heavy (non-hydrogen) atoms. The zero-order chi connectivity index (χ0) is 17.4. The minimum absolute atomic E-state index is 0.0987. The molecule has 0 spiro atoms. The maximum absolute atomic E-state index is 12.8. The van der Waals surface area contributed by atoms with Crippen LogP contribution in [-0.4, -0.2) is 38.0 Å². The third-order valence-electron chi connectivity index (χ3n) is 4.92. The van der Waals surface area contributed by atoms with E-state index in [9.17, 15) is 14.4 Å². The smallest absolute Gasteiger partial charge is 0.332 e. The number of fused-ring (bicyclic) bond motifs is 1. The van der Waals surface area contributed by atoms with E-state index in [1.165, 1.54) is 17.8 Å². The first-order valence-corrected chi connectivity index (χ1v) is 8.29. The fourth-order valence-corrected chi connectivity index (χ4v) is 3.35. The van der Waals surface area contributed by atoms with E-state index in [0.29, 0.717) is 17.1 Å². The summed E-state index contributed by atoms with van der Waals surface area (Å²) in [5.41, 5.74) is -0.166. The Kier molecular flexibility index (Phi) is 4.26. The maximum Gasteiger partial charge on any atom is 0.332 e. The van der Waals surface area contributed by atoms with Crippen molar-refractivity contribution < 1.29 is 4.79 Å². The van der Waals surface area contributed by atoms with Gasteiger partial charge in [-0.1, -0.05) is 13.3 Å². The predicted molar refractivity (Wildman–Crippen MR) is 91.1 cm³/mol. The second kappa shape index (κ2) is 6.22.